The van der Waals surface area contributed by atoms with Gasteiger partial charge in [0.1, 0.15) is 0 Å². The first-order chi connectivity index (χ1) is 17.9. The Morgan fingerprint density at radius 2 is 1.95 bits per heavy atom. The zero-order valence-corrected chi connectivity index (χ0v) is 21.6. The Morgan fingerprint density at radius 3 is 2.73 bits per heavy atom. The maximum Gasteiger partial charge on any atom is 0.254 e. The summed E-state index contributed by atoms with van der Waals surface area (Å²) in [5.41, 5.74) is 8.42. The van der Waals surface area contributed by atoms with Crippen LogP contribution in [0.2, 0.25) is 0 Å². The fraction of sp³-hybridized carbons (Fsp3) is 0.433. The van der Waals surface area contributed by atoms with E-state index in [-0.39, 0.29) is 17.9 Å². The van der Waals surface area contributed by atoms with E-state index in [9.17, 15) is 9.59 Å². The Labute approximate surface area is 217 Å². The topological polar surface area (TPSA) is 87.3 Å². The van der Waals surface area contributed by atoms with E-state index >= 15 is 0 Å². The van der Waals surface area contributed by atoms with Crippen LogP contribution < -0.4 is 5.32 Å². The number of benzene rings is 2. The summed E-state index contributed by atoms with van der Waals surface area (Å²) >= 11 is 0. The Hall–Kier alpha value is -3.45. The van der Waals surface area contributed by atoms with E-state index in [1.54, 1.807) is 0 Å². The summed E-state index contributed by atoms with van der Waals surface area (Å²) in [5, 5.41) is 11.0. The van der Waals surface area contributed by atoms with Gasteiger partial charge in [0, 0.05) is 60.3 Å². The summed E-state index contributed by atoms with van der Waals surface area (Å²) in [4.78, 5) is 27.6. The number of fused-ring (bicyclic) bond motifs is 2. The average Bonchev–Trinajstić information content (AvgIpc) is 3.44. The number of hydrogen-bond acceptors (Lipinski definition) is 4. The lowest BCUT2D eigenvalue weighted by atomic mass is 9.76. The molecule has 0 unspecified atom stereocenters. The molecule has 1 aliphatic carbocycles. The molecule has 1 fully saturated rings. The van der Waals surface area contributed by atoms with Gasteiger partial charge in [-0.15, -0.1) is 0 Å². The summed E-state index contributed by atoms with van der Waals surface area (Å²) in [7, 11) is 0. The number of aromatic amines is 1. The molecule has 6 rings (SSSR count). The molecule has 2 N–H and O–H groups in total. The number of amides is 2. The number of carbonyl (C=O) groups excluding carboxylic acids is 2. The standard InChI is InChI=1S/C30H34N4O3/c1-30(2)12-9-25-26(16-30)32-33-27(25)21-7-8-24-22(15-21)18-34(29(24)36)17-19-3-5-20(6-4-19)28(35)31-23-10-13-37-14-11-23/h3-8,15,23H,9-14,16-18H2,1-2H3,(H,31,35)(H,32,33). The summed E-state index contributed by atoms with van der Waals surface area (Å²) in [6.07, 6.45) is 4.90. The summed E-state index contributed by atoms with van der Waals surface area (Å²) in [5.74, 6) is -0.00607. The van der Waals surface area contributed by atoms with Crippen LogP contribution in [0.5, 0.6) is 0 Å². The van der Waals surface area contributed by atoms with Crippen LogP contribution in [0.25, 0.3) is 11.3 Å². The molecular formula is C30H34N4O3. The first-order valence-electron chi connectivity index (χ1n) is 13.3. The molecule has 0 bridgehead atoms. The first-order valence-corrected chi connectivity index (χ1v) is 13.3. The van der Waals surface area contributed by atoms with E-state index in [0.29, 0.717) is 37.3 Å². The third-order valence-electron chi connectivity index (χ3n) is 8.06. The van der Waals surface area contributed by atoms with Gasteiger partial charge >= 0.3 is 0 Å². The van der Waals surface area contributed by atoms with Gasteiger partial charge < -0.3 is 15.0 Å². The van der Waals surface area contributed by atoms with Gasteiger partial charge in [0.25, 0.3) is 11.8 Å². The number of rotatable bonds is 5. The SMILES string of the molecule is CC1(C)CCc2c(-c3ccc4c(c3)CN(Cc3ccc(C(=O)NC5CCOCC5)cc3)C4=O)n[nH]c2C1. The molecule has 7 heteroatoms. The molecule has 0 radical (unpaired) electrons. The van der Waals surface area contributed by atoms with Gasteiger partial charge in [-0.2, -0.15) is 5.10 Å². The van der Waals surface area contributed by atoms with Crippen molar-refractivity contribution in [3.05, 3.63) is 76.0 Å². The fourth-order valence-corrected chi connectivity index (χ4v) is 5.83. The second kappa shape index (κ2) is 9.45. The Balaban J connectivity index is 1.13. The summed E-state index contributed by atoms with van der Waals surface area (Å²) in [6, 6.07) is 13.9. The molecule has 1 aromatic heterocycles. The van der Waals surface area contributed by atoms with Crippen LogP contribution in [0.1, 0.15) is 76.2 Å². The van der Waals surface area contributed by atoms with Crippen LogP contribution in [0.3, 0.4) is 0 Å². The van der Waals surface area contributed by atoms with Crippen LogP contribution in [0, 0.1) is 5.41 Å². The molecule has 3 aliphatic rings. The van der Waals surface area contributed by atoms with Crippen molar-refractivity contribution >= 4 is 11.8 Å². The number of ether oxygens (including phenoxy) is 1. The molecular weight excluding hydrogens is 464 g/mol. The van der Waals surface area contributed by atoms with Crippen molar-refractivity contribution in [2.75, 3.05) is 13.2 Å². The number of nitrogens with one attached hydrogen (secondary N) is 2. The van der Waals surface area contributed by atoms with Gasteiger partial charge in [0.2, 0.25) is 0 Å². The molecule has 0 atom stereocenters. The predicted molar refractivity (Wildman–Crippen MR) is 141 cm³/mol. The van der Waals surface area contributed by atoms with Crippen molar-refractivity contribution < 1.29 is 14.3 Å². The van der Waals surface area contributed by atoms with Crippen molar-refractivity contribution in [2.45, 2.75) is 65.1 Å². The number of H-pyrrole nitrogens is 1. The molecule has 1 saturated heterocycles. The van der Waals surface area contributed by atoms with Crippen LogP contribution >= 0.6 is 0 Å². The summed E-state index contributed by atoms with van der Waals surface area (Å²) < 4.78 is 5.36. The molecule has 3 aromatic rings. The Kier molecular flexibility index (Phi) is 6.11. The third kappa shape index (κ3) is 4.80. The molecule has 2 amide bonds. The monoisotopic (exact) mass is 498 g/mol. The Morgan fingerprint density at radius 1 is 1.16 bits per heavy atom. The average molecular weight is 499 g/mol. The molecule has 0 saturated carbocycles. The van der Waals surface area contributed by atoms with Gasteiger partial charge in [0.05, 0.1) is 5.69 Å². The minimum atomic E-state index is -0.0558. The van der Waals surface area contributed by atoms with Gasteiger partial charge in [0.15, 0.2) is 0 Å². The number of nitrogens with zero attached hydrogens (tertiary/aromatic N) is 2. The van der Waals surface area contributed by atoms with Gasteiger partial charge in [-0.05, 0) is 72.9 Å². The lowest BCUT2D eigenvalue weighted by Crippen LogP contribution is -2.38. The lowest BCUT2D eigenvalue weighted by Gasteiger charge is -2.29. The van der Waals surface area contributed by atoms with Crippen molar-refractivity contribution in [3.63, 3.8) is 0 Å². The smallest absolute Gasteiger partial charge is 0.254 e. The largest absolute Gasteiger partial charge is 0.381 e. The van der Waals surface area contributed by atoms with Crippen molar-refractivity contribution in [1.82, 2.24) is 20.4 Å². The van der Waals surface area contributed by atoms with E-state index in [0.717, 1.165) is 60.1 Å². The van der Waals surface area contributed by atoms with E-state index in [1.165, 1.54) is 11.3 Å². The van der Waals surface area contributed by atoms with Crippen molar-refractivity contribution in [1.29, 1.82) is 0 Å². The highest BCUT2D eigenvalue weighted by molar-refractivity contribution is 5.99. The molecule has 7 nitrogen and oxygen atoms in total. The predicted octanol–water partition coefficient (Wildman–Crippen LogP) is 4.66. The quantitative estimate of drug-likeness (QED) is 0.536. The minimum absolute atomic E-state index is 0.0497. The van der Waals surface area contributed by atoms with Crippen LogP contribution in [-0.2, 0) is 30.7 Å². The van der Waals surface area contributed by atoms with E-state index < -0.39 is 0 Å². The van der Waals surface area contributed by atoms with Crippen LogP contribution in [0.15, 0.2) is 42.5 Å². The zero-order valence-electron chi connectivity index (χ0n) is 21.6. The van der Waals surface area contributed by atoms with Crippen LogP contribution in [0.4, 0.5) is 0 Å². The normalized spacial score (nSPS) is 19.0. The highest BCUT2D eigenvalue weighted by Crippen LogP contribution is 2.38. The number of carbonyl (C=O) groups is 2. The molecule has 37 heavy (non-hydrogen) atoms. The van der Waals surface area contributed by atoms with Crippen molar-refractivity contribution in [2.24, 2.45) is 5.41 Å². The van der Waals surface area contributed by atoms with E-state index in [2.05, 4.69) is 35.4 Å². The second-order valence-electron chi connectivity index (χ2n) is 11.5. The van der Waals surface area contributed by atoms with Crippen LogP contribution in [-0.4, -0.2) is 46.2 Å². The van der Waals surface area contributed by atoms with E-state index in [1.807, 2.05) is 41.3 Å². The van der Waals surface area contributed by atoms with Crippen molar-refractivity contribution in [3.8, 4) is 11.3 Å². The number of hydrogen-bond donors (Lipinski definition) is 2. The van der Waals surface area contributed by atoms with Gasteiger partial charge in [-0.1, -0.05) is 32.0 Å². The van der Waals surface area contributed by atoms with E-state index in [4.69, 9.17) is 4.74 Å². The molecule has 2 aliphatic heterocycles. The molecule has 0 spiro atoms. The molecule has 2 aromatic carbocycles. The molecule has 3 heterocycles. The lowest BCUT2D eigenvalue weighted by molar-refractivity contribution is 0.0695. The van der Waals surface area contributed by atoms with Gasteiger partial charge in [-0.25, -0.2) is 0 Å². The summed E-state index contributed by atoms with van der Waals surface area (Å²) in [6.45, 7) is 7.09. The highest BCUT2D eigenvalue weighted by atomic mass is 16.5. The maximum absolute atomic E-state index is 13.1. The zero-order chi connectivity index (χ0) is 25.6. The Bertz CT molecular complexity index is 1340. The third-order valence-corrected chi connectivity index (χ3v) is 8.06. The number of aromatic nitrogens is 2. The second-order valence-corrected chi connectivity index (χ2v) is 11.5. The maximum atomic E-state index is 13.1. The minimum Gasteiger partial charge on any atom is -0.381 e. The highest BCUT2D eigenvalue weighted by Gasteiger charge is 2.31. The fourth-order valence-electron chi connectivity index (χ4n) is 5.83. The van der Waals surface area contributed by atoms with Gasteiger partial charge in [-0.3, -0.25) is 14.7 Å². The first kappa shape index (κ1) is 23.9. The molecule has 192 valence electrons.